The van der Waals surface area contributed by atoms with Crippen molar-refractivity contribution in [1.82, 2.24) is 0 Å². The SMILES string of the molecule is CS[C@@]1(C)C(=O)Nc2ccccc21. The highest BCUT2D eigenvalue weighted by atomic mass is 32.2. The lowest BCUT2D eigenvalue weighted by Gasteiger charge is -2.18. The highest BCUT2D eigenvalue weighted by Crippen LogP contribution is 2.43. The minimum atomic E-state index is -0.406. The molecule has 0 saturated carbocycles. The zero-order chi connectivity index (χ0) is 9.47. The number of hydrogen-bond donors (Lipinski definition) is 1. The number of rotatable bonds is 1. The Morgan fingerprint density at radius 1 is 1.38 bits per heavy atom. The molecule has 1 amide bonds. The summed E-state index contributed by atoms with van der Waals surface area (Å²) < 4.78 is -0.406. The van der Waals surface area contributed by atoms with E-state index in [9.17, 15) is 4.79 Å². The molecule has 0 unspecified atom stereocenters. The standard InChI is InChI=1S/C10H11NOS/c1-10(13-2)7-5-3-4-6-8(7)11-9(10)12/h3-6H,1-2H3,(H,11,12)/t10-/m1/s1. The van der Waals surface area contributed by atoms with Crippen molar-refractivity contribution in [2.24, 2.45) is 0 Å². The maximum Gasteiger partial charge on any atom is 0.244 e. The van der Waals surface area contributed by atoms with Crippen LogP contribution in [0.1, 0.15) is 12.5 Å². The Bertz CT molecular complexity index is 364. The van der Waals surface area contributed by atoms with Gasteiger partial charge in [-0.3, -0.25) is 4.79 Å². The molecule has 1 N–H and O–H groups in total. The van der Waals surface area contributed by atoms with E-state index < -0.39 is 4.75 Å². The lowest BCUT2D eigenvalue weighted by molar-refractivity contribution is -0.117. The van der Waals surface area contributed by atoms with Gasteiger partial charge in [-0.1, -0.05) is 18.2 Å². The monoisotopic (exact) mass is 193 g/mol. The lowest BCUT2D eigenvalue weighted by atomic mass is 10.0. The van der Waals surface area contributed by atoms with E-state index in [-0.39, 0.29) is 5.91 Å². The average molecular weight is 193 g/mol. The molecule has 1 heterocycles. The number of amides is 1. The molecule has 1 aromatic carbocycles. The highest BCUT2D eigenvalue weighted by Gasteiger charge is 2.41. The van der Waals surface area contributed by atoms with E-state index in [4.69, 9.17) is 0 Å². The quantitative estimate of drug-likeness (QED) is 0.741. The number of benzene rings is 1. The Balaban J connectivity index is 2.59. The second-order valence-corrected chi connectivity index (χ2v) is 4.46. The van der Waals surface area contributed by atoms with Crippen LogP contribution < -0.4 is 5.32 Å². The molecule has 68 valence electrons. The summed E-state index contributed by atoms with van der Waals surface area (Å²) in [5.41, 5.74) is 2.04. The molecule has 0 saturated heterocycles. The second-order valence-electron chi connectivity index (χ2n) is 3.24. The van der Waals surface area contributed by atoms with Crippen molar-refractivity contribution in [2.75, 3.05) is 11.6 Å². The van der Waals surface area contributed by atoms with Gasteiger partial charge in [0.15, 0.2) is 0 Å². The zero-order valence-electron chi connectivity index (χ0n) is 7.63. The summed E-state index contributed by atoms with van der Waals surface area (Å²) in [6.07, 6.45) is 1.96. The summed E-state index contributed by atoms with van der Waals surface area (Å²) in [5, 5.41) is 2.88. The Labute approximate surface area is 81.7 Å². The molecule has 1 atom stereocenters. The van der Waals surface area contributed by atoms with Crippen molar-refractivity contribution in [1.29, 1.82) is 0 Å². The average Bonchev–Trinajstić information content (AvgIpc) is 2.41. The number of hydrogen-bond acceptors (Lipinski definition) is 2. The van der Waals surface area contributed by atoms with E-state index in [0.717, 1.165) is 11.3 Å². The molecule has 0 aromatic heterocycles. The van der Waals surface area contributed by atoms with Gasteiger partial charge < -0.3 is 5.32 Å². The largest absolute Gasteiger partial charge is 0.324 e. The molecule has 0 radical (unpaired) electrons. The van der Waals surface area contributed by atoms with Gasteiger partial charge in [-0.2, -0.15) is 0 Å². The number of nitrogens with one attached hydrogen (secondary N) is 1. The second kappa shape index (κ2) is 2.77. The number of fused-ring (bicyclic) bond motifs is 1. The van der Waals surface area contributed by atoms with Gasteiger partial charge in [-0.05, 0) is 19.2 Å². The molecule has 0 fully saturated rings. The molecule has 0 aliphatic carbocycles. The van der Waals surface area contributed by atoms with E-state index in [1.54, 1.807) is 11.8 Å². The van der Waals surface area contributed by atoms with Gasteiger partial charge in [0.05, 0.1) is 0 Å². The van der Waals surface area contributed by atoms with Crippen LogP contribution in [0.15, 0.2) is 24.3 Å². The molecule has 1 aliphatic heterocycles. The Kier molecular flexibility index (Phi) is 1.84. The van der Waals surface area contributed by atoms with Crippen molar-refractivity contribution in [3.63, 3.8) is 0 Å². The van der Waals surface area contributed by atoms with E-state index in [1.165, 1.54) is 0 Å². The molecule has 0 spiro atoms. The Hall–Kier alpha value is -0.960. The molecule has 0 bridgehead atoms. The molecule has 1 aromatic rings. The van der Waals surface area contributed by atoms with Gasteiger partial charge in [0.1, 0.15) is 4.75 Å². The predicted octanol–water partition coefficient (Wildman–Crippen LogP) is 2.22. The fourth-order valence-electron chi connectivity index (χ4n) is 1.57. The number of thioether (sulfide) groups is 1. The molecule has 13 heavy (non-hydrogen) atoms. The van der Waals surface area contributed by atoms with Gasteiger partial charge in [0, 0.05) is 11.3 Å². The topological polar surface area (TPSA) is 29.1 Å². The number of para-hydroxylation sites is 1. The fourth-order valence-corrected chi connectivity index (χ4v) is 2.21. The Morgan fingerprint density at radius 2 is 2.08 bits per heavy atom. The van der Waals surface area contributed by atoms with Crippen LogP contribution in [0, 0.1) is 0 Å². The van der Waals surface area contributed by atoms with Crippen molar-refractivity contribution in [3.8, 4) is 0 Å². The summed E-state index contributed by atoms with van der Waals surface area (Å²) in [7, 11) is 0. The minimum Gasteiger partial charge on any atom is -0.324 e. The lowest BCUT2D eigenvalue weighted by Crippen LogP contribution is -2.26. The van der Waals surface area contributed by atoms with Crippen LogP contribution in [-0.2, 0) is 9.54 Å². The summed E-state index contributed by atoms with van der Waals surface area (Å²) >= 11 is 1.57. The fraction of sp³-hybridized carbons (Fsp3) is 0.300. The van der Waals surface area contributed by atoms with Crippen molar-refractivity contribution in [2.45, 2.75) is 11.7 Å². The number of anilines is 1. The van der Waals surface area contributed by atoms with E-state index >= 15 is 0 Å². The van der Waals surface area contributed by atoms with Crippen LogP contribution in [0.4, 0.5) is 5.69 Å². The van der Waals surface area contributed by atoms with Crippen LogP contribution in [0.2, 0.25) is 0 Å². The van der Waals surface area contributed by atoms with Crippen molar-refractivity contribution in [3.05, 3.63) is 29.8 Å². The predicted molar refractivity (Wildman–Crippen MR) is 55.9 cm³/mol. The first-order valence-corrected chi connectivity index (χ1v) is 5.37. The van der Waals surface area contributed by atoms with Crippen molar-refractivity contribution >= 4 is 23.4 Å². The minimum absolute atomic E-state index is 0.0844. The maximum absolute atomic E-state index is 11.7. The zero-order valence-corrected chi connectivity index (χ0v) is 8.44. The first kappa shape index (κ1) is 8.63. The van der Waals surface area contributed by atoms with E-state index in [2.05, 4.69) is 5.32 Å². The van der Waals surface area contributed by atoms with Gasteiger partial charge in [0.25, 0.3) is 0 Å². The molecule has 2 rings (SSSR count). The summed E-state index contributed by atoms with van der Waals surface area (Å²) in [6, 6.07) is 7.84. The number of carbonyl (C=O) groups is 1. The third-order valence-corrected chi connectivity index (χ3v) is 3.75. The van der Waals surface area contributed by atoms with Gasteiger partial charge in [0.2, 0.25) is 5.91 Å². The number of carbonyl (C=O) groups excluding carboxylic acids is 1. The van der Waals surface area contributed by atoms with Crippen LogP contribution in [0.5, 0.6) is 0 Å². The van der Waals surface area contributed by atoms with Crippen LogP contribution >= 0.6 is 11.8 Å². The molecule has 1 aliphatic rings. The molecule has 3 heteroatoms. The normalized spacial score (nSPS) is 25.5. The summed E-state index contributed by atoms with van der Waals surface area (Å²) in [4.78, 5) is 11.7. The van der Waals surface area contributed by atoms with Gasteiger partial charge >= 0.3 is 0 Å². The van der Waals surface area contributed by atoms with Crippen LogP contribution in [-0.4, -0.2) is 12.2 Å². The van der Waals surface area contributed by atoms with Crippen LogP contribution in [0.25, 0.3) is 0 Å². The van der Waals surface area contributed by atoms with Crippen molar-refractivity contribution < 1.29 is 4.79 Å². The first-order valence-electron chi connectivity index (χ1n) is 4.14. The van der Waals surface area contributed by atoms with Crippen LogP contribution in [0.3, 0.4) is 0 Å². The molecular weight excluding hydrogens is 182 g/mol. The summed E-state index contributed by atoms with van der Waals surface area (Å²) in [5.74, 6) is 0.0844. The van der Waals surface area contributed by atoms with Gasteiger partial charge in [-0.25, -0.2) is 0 Å². The molecular formula is C10H11NOS. The van der Waals surface area contributed by atoms with E-state index in [1.807, 2.05) is 37.4 Å². The smallest absolute Gasteiger partial charge is 0.244 e. The molecule has 2 nitrogen and oxygen atoms in total. The highest BCUT2D eigenvalue weighted by molar-refractivity contribution is 8.00. The van der Waals surface area contributed by atoms with Gasteiger partial charge in [-0.15, -0.1) is 11.8 Å². The Morgan fingerprint density at radius 3 is 2.77 bits per heavy atom. The third kappa shape index (κ3) is 1.07. The first-order chi connectivity index (χ1) is 6.18. The third-order valence-electron chi connectivity index (χ3n) is 2.53. The maximum atomic E-state index is 11.7. The van der Waals surface area contributed by atoms with E-state index in [0.29, 0.717) is 0 Å². The summed E-state index contributed by atoms with van der Waals surface area (Å²) in [6.45, 7) is 1.96.